The van der Waals surface area contributed by atoms with E-state index in [1.165, 1.54) is 18.2 Å². The summed E-state index contributed by atoms with van der Waals surface area (Å²) in [5, 5.41) is 15.8. The molecule has 0 fully saturated rings. The van der Waals surface area contributed by atoms with Gasteiger partial charge in [-0.25, -0.2) is 4.79 Å². The molecule has 1 aromatic heterocycles. The van der Waals surface area contributed by atoms with Crippen molar-refractivity contribution in [2.24, 2.45) is 0 Å². The number of carboxylic acids is 1. The third kappa shape index (κ3) is 2.54. The lowest BCUT2D eigenvalue weighted by atomic mass is 9.97. The van der Waals surface area contributed by atoms with E-state index in [4.69, 9.17) is 5.11 Å². The van der Waals surface area contributed by atoms with Crippen LogP contribution in [0.3, 0.4) is 0 Å². The molecule has 2 aromatic rings. The molecule has 0 aliphatic carbocycles. The molecule has 4 nitrogen and oxygen atoms in total. The molecule has 0 saturated carbocycles. The predicted molar refractivity (Wildman–Crippen MR) is 59.4 cm³/mol. The summed E-state index contributed by atoms with van der Waals surface area (Å²) in [6.45, 7) is 0. The highest BCUT2D eigenvalue weighted by Crippen LogP contribution is 2.37. The van der Waals surface area contributed by atoms with Crippen LogP contribution in [-0.4, -0.2) is 21.3 Å². The molecule has 7 heteroatoms. The molecule has 0 amide bonds. The zero-order valence-corrected chi connectivity index (χ0v) is 9.35. The fourth-order valence-corrected chi connectivity index (χ4v) is 1.67. The highest BCUT2D eigenvalue weighted by molar-refractivity contribution is 5.95. The molecule has 1 heterocycles. The van der Waals surface area contributed by atoms with Crippen LogP contribution in [0.1, 0.15) is 15.9 Å². The normalized spacial score (nSPS) is 11.3. The maximum Gasteiger partial charge on any atom is 0.417 e. The summed E-state index contributed by atoms with van der Waals surface area (Å²) in [5.41, 5.74) is -1.59. The Hall–Kier alpha value is -2.44. The minimum absolute atomic E-state index is 0.115. The zero-order valence-electron chi connectivity index (χ0n) is 9.35. The fraction of sp³-hybridized carbons (Fsp3) is 0.0833. The summed E-state index contributed by atoms with van der Waals surface area (Å²) in [6.07, 6.45) is -2.64. The minimum atomic E-state index is -4.57. The van der Waals surface area contributed by atoms with Gasteiger partial charge in [-0.1, -0.05) is 18.2 Å². The Morgan fingerprint density at radius 1 is 1.05 bits per heavy atom. The summed E-state index contributed by atoms with van der Waals surface area (Å²) < 4.78 is 38.7. The monoisotopic (exact) mass is 268 g/mol. The summed E-state index contributed by atoms with van der Waals surface area (Å²) in [4.78, 5) is 11.0. The highest BCUT2D eigenvalue weighted by Gasteiger charge is 2.34. The molecule has 1 aromatic carbocycles. The largest absolute Gasteiger partial charge is 0.478 e. The second-order valence-corrected chi connectivity index (χ2v) is 3.66. The Kier molecular flexibility index (Phi) is 3.20. The van der Waals surface area contributed by atoms with Gasteiger partial charge >= 0.3 is 12.1 Å². The van der Waals surface area contributed by atoms with E-state index in [2.05, 4.69) is 10.2 Å². The number of halogens is 3. The number of carbonyl (C=O) groups is 1. The molecule has 0 radical (unpaired) electrons. The molecule has 19 heavy (non-hydrogen) atoms. The first-order valence-electron chi connectivity index (χ1n) is 5.12. The first-order chi connectivity index (χ1) is 8.91. The van der Waals surface area contributed by atoms with Crippen molar-refractivity contribution < 1.29 is 23.1 Å². The average molecular weight is 268 g/mol. The van der Waals surface area contributed by atoms with Crippen LogP contribution in [0.5, 0.6) is 0 Å². The van der Waals surface area contributed by atoms with Crippen LogP contribution in [0.25, 0.3) is 11.1 Å². The van der Waals surface area contributed by atoms with E-state index in [-0.39, 0.29) is 16.7 Å². The van der Waals surface area contributed by atoms with Gasteiger partial charge in [0, 0.05) is 5.56 Å². The number of aromatic nitrogens is 2. The summed E-state index contributed by atoms with van der Waals surface area (Å²) in [5.74, 6) is -1.36. The van der Waals surface area contributed by atoms with E-state index in [0.29, 0.717) is 0 Å². The number of carboxylic acid groups (broad SMARTS) is 1. The highest BCUT2D eigenvalue weighted by atomic mass is 19.4. The van der Waals surface area contributed by atoms with Crippen molar-refractivity contribution in [2.45, 2.75) is 6.18 Å². The van der Waals surface area contributed by atoms with Crippen molar-refractivity contribution in [1.82, 2.24) is 10.2 Å². The number of aromatic carboxylic acids is 1. The summed E-state index contributed by atoms with van der Waals surface area (Å²) in [7, 11) is 0. The second-order valence-electron chi connectivity index (χ2n) is 3.66. The number of rotatable bonds is 2. The topological polar surface area (TPSA) is 63.1 Å². The molecular weight excluding hydrogens is 261 g/mol. The Morgan fingerprint density at radius 2 is 1.68 bits per heavy atom. The molecule has 1 N–H and O–H groups in total. The Morgan fingerprint density at radius 3 is 2.32 bits per heavy atom. The third-order valence-corrected chi connectivity index (χ3v) is 2.48. The average Bonchev–Trinajstić information content (AvgIpc) is 2.37. The minimum Gasteiger partial charge on any atom is -0.478 e. The van der Waals surface area contributed by atoms with E-state index in [9.17, 15) is 18.0 Å². The Bertz CT molecular complexity index is 626. The molecule has 0 aliphatic heterocycles. The van der Waals surface area contributed by atoms with Gasteiger partial charge in [-0.05, 0) is 11.6 Å². The van der Waals surface area contributed by atoms with Gasteiger partial charge in [0.15, 0.2) is 0 Å². The van der Waals surface area contributed by atoms with Crippen molar-refractivity contribution >= 4 is 5.97 Å². The van der Waals surface area contributed by atoms with Crippen molar-refractivity contribution in [3.63, 3.8) is 0 Å². The summed E-state index contributed by atoms with van der Waals surface area (Å²) in [6, 6.07) is 4.73. The van der Waals surface area contributed by atoms with Crippen LogP contribution >= 0.6 is 0 Å². The smallest absolute Gasteiger partial charge is 0.417 e. The Labute approximate surface area is 105 Å². The van der Waals surface area contributed by atoms with Gasteiger partial charge in [0.05, 0.1) is 23.5 Å². The maximum absolute atomic E-state index is 12.9. The predicted octanol–water partition coefficient (Wildman–Crippen LogP) is 2.86. The van der Waals surface area contributed by atoms with E-state index in [0.717, 1.165) is 18.5 Å². The van der Waals surface area contributed by atoms with Gasteiger partial charge in [0.1, 0.15) is 0 Å². The molecule has 0 bridgehead atoms. The van der Waals surface area contributed by atoms with Crippen molar-refractivity contribution in [3.05, 3.63) is 47.8 Å². The summed E-state index contributed by atoms with van der Waals surface area (Å²) >= 11 is 0. The van der Waals surface area contributed by atoms with Gasteiger partial charge in [0.25, 0.3) is 0 Å². The van der Waals surface area contributed by atoms with Crippen LogP contribution in [0.2, 0.25) is 0 Å². The number of benzene rings is 1. The number of alkyl halides is 3. The second kappa shape index (κ2) is 4.68. The SMILES string of the molecule is O=C(O)c1cnncc1-c1ccccc1C(F)(F)F. The van der Waals surface area contributed by atoms with E-state index in [1.54, 1.807) is 0 Å². The van der Waals surface area contributed by atoms with Crippen LogP contribution < -0.4 is 0 Å². The van der Waals surface area contributed by atoms with Crippen LogP contribution in [-0.2, 0) is 6.18 Å². The van der Waals surface area contributed by atoms with Gasteiger partial charge in [-0.15, -0.1) is 0 Å². The van der Waals surface area contributed by atoms with Crippen LogP contribution in [0, 0.1) is 0 Å². The third-order valence-electron chi connectivity index (χ3n) is 2.48. The van der Waals surface area contributed by atoms with Crippen molar-refractivity contribution in [3.8, 4) is 11.1 Å². The quantitative estimate of drug-likeness (QED) is 0.909. The first kappa shape index (κ1) is 13.0. The van der Waals surface area contributed by atoms with Gasteiger partial charge in [-0.2, -0.15) is 23.4 Å². The van der Waals surface area contributed by atoms with Crippen molar-refractivity contribution in [2.75, 3.05) is 0 Å². The van der Waals surface area contributed by atoms with Gasteiger partial charge in [-0.3, -0.25) is 0 Å². The zero-order chi connectivity index (χ0) is 14.0. The molecule has 0 unspecified atom stereocenters. The molecule has 0 spiro atoms. The van der Waals surface area contributed by atoms with Crippen molar-refractivity contribution in [1.29, 1.82) is 0 Å². The van der Waals surface area contributed by atoms with Gasteiger partial charge < -0.3 is 5.11 Å². The molecule has 0 saturated heterocycles. The number of hydrogen-bond acceptors (Lipinski definition) is 3. The standard InChI is InChI=1S/C12H7F3N2O2/c13-12(14,15)10-4-2-1-3-7(10)8-5-16-17-6-9(8)11(18)19/h1-6H,(H,18,19). The molecular formula is C12H7F3N2O2. The lowest BCUT2D eigenvalue weighted by molar-refractivity contribution is -0.137. The maximum atomic E-state index is 12.9. The lowest BCUT2D eigenvalue weighted by Gasteiger charge is -2.13. The van der Waals surface area contributed by atoms with E-state index >= 15 is 0 Å². The first-order valence-corrected chi connectivity index (χ1v) is 5.12. The van der Waals surface area contributed by atoms with Crippen LogP contribution in [0.4, 0.5) is 13.2 Å². The number of hydrogen-bond donors (Lipinski definition) is 1. The molecule has 2 rings (SSSR count). The Balaban J connectivity index is 2.70. The molecule has 0 atom stereocenters. The van der Waals surface area contributed by atoms with Crippen LogP contribution in [0.15, 0.2) is 36.7 Å². The lowest BCUT2D eigenvalue weighted by Crippen LogP contribution is -2.09. The van der Waals surface area contributed by atoms with Gasteiger partial charge in [0.2, 0.25) is 0 Å². The molecule has 0 aliphatic rings. The number of nitrogens with zero attached hydrogens (tertiary/aromatic N) is 2. The fourth-order valence-electron chi connectivity index (χ4n) is 1.67. The van der Waals surface area contributed by atoms with E-state index in [1.807, 2.05) is 0 Å². The molecule has 98 valence electrons. The van der Waals surface area contributed by atoms with E-state index < -0.39 is 17.7 Å².